The van der Waals surface area contributed by atoms with Gasteiger partial charge in [-0.3, -0.25) is 10.1 Å². The van der Waals surface area contributed by atoms with Crippen LogP contribution in [-0.4, -0.2) is 34.2 Å². The van der Waals surface area contributed by atoms with E-state index in [1.165, 1.54) is 17.9 Å². The molecule has 5 aromatic rings. The van der Waals surface area contributed by atoms with Crippen LogP contribution >= 0.6 is 11.5 Å². The smallest absolute Gasteiger partial charge is 0.138 e. The summed E-state index contributed by atoms with van der Waals surface area (Å²) in [5, 5.41) is 13.8. The second-order valence-electron chi connectivity index (χ2n) is 5.16. The van der Waals surface area contributed by atoms with Crippen LogP contribution in [0.2, 0.25) is 0 Å². The molecule has 0 saturated carbocycles. The van der Waals surface area contributed by atoms with Gasteiger partial charge in [-0.1, -0.05) is 47.9 Å². The molecule has 0 spiro atoms. The second-order valence-corrected chi connectivity index (χ2v) is 5.79. The normalized spacial score (nSPS) is 9.86. The van der Waals surface area contributed by atoms with Gasteiger partial charge < -0.3 is 16.1 Å². The van der Waals surface area contributed by atoms with Crippen molar-refractivity contribution in [1.29, 1.82) is 0 Å². The molecule has 8 nitrogen and oxygen atoms in total. The van der Waals surface area contributed by atoms with Crippen LogP contribution in [0.15, 0.2) is 72.8 Å². The van der Waals surface area contributed by atoms with Gasteiger partial charge in [0.15, 0.2) is 0 Å². The van der Waals surface area contributed by atoms with Crippen molar-refractivity contribution in [3.05, 3.63) is 78.8 Å². The zero-order valence-corrected chi connectivity index (χ0v) is 17.5. The molecule has 0 saturated heterocycles. The molecule has 0 unspecified atom stereocenters. The molecule has 4 heterocycles. The average Bonchev–Trinajstić information content (AvgIpc) is 3.52. The first kappa shape index (κ1) is 19.7. The molecule has 1 aromatic carbocycles. The van der Waals surface area contributed by atoms with Gasteiger partial charge in [0.05, 0.1) is 11.5 Å². The van der Waals surface area contributed by atoms with Crippen LogP contribution < -0.4 is 5.10 Å². The van der Waals surface area contributed by atoms with Gasteiger partial charge in [-0.15, -0.1) is 0 Å². The summed E-state index contributed by atoms with van der Waals surface area (Å²) in [5.74, 6) is 1.89. The van der Waals surface area contributed by atoms with E-state index in [9.17, 15) is 0 Å². The Kier molecular flexibility index (Phi) is 6.85. The topological polar surface area (TPSA) is 96.4 Å². The first-order chi connectivity index (χ1) is 13.4. The fraction of sp³-hybridized carbons (Fsp3) is 0. The minimum absolute atomic E-state index is 0. The van der Waals surface area contributed by atoms with Gasteiger partial charge in [0.2, 0.25) is 0 Å². The van der Waals surface area contributed by atoms with E-state index in [-0.39, 0.29) is 20.1 Å². The van der Waals surface area contributed by atoms with Crippen LogP contribution in [0, 0.1) is 6.07 Å². The molecule has 28 heavy (non-hydrogen) atoms. The Labute approximate surface area is 178 Å². The van der Waals surface area contributed by atoms with Crippen molar-refractivity contribution in [1.82, 2.24) is 39.3 Å². The Morgan fingerprint density at radius 3 is 2.57 bits per heavy atom. The molecule has 0 aliphatic rings. The van der Waals surface area contributed by atoms with Crippen LogP contribution in [0.4, 0.5) is 0 Å². The molecular weight excluding hydrogens is 553 g/mol. The number of hydrogen-bond acceptors (Lipinski definition) is 7. The van der Waals surface area contributed by atoms with Crippen molar-refractivity contribution >= 4 is 11.5 Å². The third-order valence-electron chi connectivity index (χ3n) is 3.39. The largest absolute Gasteiger partial charge is 0.417 e. The van der Waals surface area contributed by atoms with Gasteiger partial charge >= 0.3 is 0 Å². The van der Waals surface area contributed by atoms with Crippen molar-refractivity contribution < 1.29 is 20.1 Å². The van der Waals surface area contributed by atoms with Gasteiger partial charge in [0.1, 0.15) is 12.7 Å². The molecule has 0 amide bonds. The number of nitrogens with zero attached hydrogens (tertiary/aromatic N) is 8. The first-order valence-electron chi connectivity index (χ1n) is 7.91. The summed E-state index contributed by atoms with van der Waals surface area (Å²) in [6.45, 7) is 0. The number of rotatable bonds is 3. The molecule has 10 heteroatoms. The van der Waals surface area contributed by atoms with Gasteiger partial charge in [0, 0.05) is 26.3 Å². The van der Waals surface area contributed by atoms with E-state index in [1.807, 2.05) is 48.5 Å². The van der Waals surface area contributed by atoms with Crippen LogP contribution in [0.5, 0.6) is 0 Å². The Bertz CT molecular complexity index is 977. The van der Waals surface area contributed by atoms with E-state index in [4.69, 9.17) is 0 Å². The maximum atomic E-state index is 4.37. The van der Waals surface area contributed by atoms with Gasteiger partial charge in [-0.25, -0.2) is 14.0 Å². The molecule has 0 aliphatic heterocycles. The van der Waals surface area contributed by atoms with Crippen molar-refractivity contribution in [2.45, 2.75) is 0 Å². The molecule has 0 N–H and O–H groups in total. The average molecular weight is 565 g/mol. The van der Waals surface area contributed by atoms with Crippen LogP contribution in [-0.2, 0) is 20.1 Å². The number of pyridine rings is 1. The van der Waals surface area contributed by atoms with Crippen LogP contribution in [0.1, 0.15) is 0 Å². The maximum absolute atomic E-state index is 4.37. The number of aromatic nitrogens is 8. The fourth-order valence-electron chi connectivity index (χ4n) is 2.16. The number of benzene rings is 1. The van der Waals surface area contributed by atoms with Crippen molar-refractivity contribution in [2.75, 3.05) is 0 Å². The molecule has 4 aromatic heterocycles. The van der Waals surface area contributed by atoms with Crippen molar-refractivity contribution in [2.24, 2.45) is 0 Å². The Balaban J connectivity index is 0.000000175. The maximum Gasteiger partial charge on any atom is 0.138 e. The predicted molar refractivity (Wildman–Crippen MR) is 99.9 cm³/mol. The minimum Gasteiger partial charge on any atom is -0.417 e. The zero-order valence-electron chi connectivity index (χ0n) is 14.2. The predicted octanol–water partition coefficient (Wildman–Crippen LogP) is 2.68. The molecule has 0 aliphatic carbocycles. The van der Waals surface area contributed by atoms with Gasteiger partial charge in [-0.2, -0.15) is 10.5 Å². The van der Waals surface area contributed by atoms with Crippen LogP contribution in [0.25, 0.3) is 28.7 Å². The van der Waals surface area contributed by atoms with E-state index in [2.05, 4.69) is 40.7 Å². The summed E-state index contributed by atoms with van der Waals surface area (Å²) in [6.07, 6.45) is 4.77. The third kappa shape index (κ3) is 4.80. The van der Waals surface area contributed by atoms with E-state index in [0.29, 0.717) is 17.5 Å². The van der Waals surface area contributed by atoms with E-state index in [0.717, 1.165) is 11.3 Å². The molecule has 5 rings (SSSR count). The molecule has 0 fully saturated rings. The zero-order chi connectivity index (χ0) is 18.3. The Hall–Kier alpha value is -3.07. The molecule has 0 bridgehead atoms. The molecule has 0 atom stereocenters. The van der Waals surface area contributed by atoms with Gasteiger partial charge in [0.25, 0.3) is 0 Å². The summed E-state index contributed by atoms with van der Waals surface area (Å²) in [5.41, 5.74) is 1.70. The minimum atomic E-state index is 0. The van der Waals surface area contributed by atoms with Gasteiger partial charge in [-0.05, 0) is 29.3 Å². The molecule has 141 valence electrons. The van der Waals surface area contributed by atoms with E-state index >= 15 is 0 Å². The first-order valence-corrected chi connectivity index (χ1v) is 8.75. The fourth-order valence-corrected chi connectivity index (χ4v) is 2.61. The van der Waals surface area contributed by atoms with Crippen molar-refractivity contribution in [3.63, 3.8) is 0 Å². The monoisotopic (exact) mass is 565 g/mol. The number of hydrogen-bond donors (Lipinski definition) is 0. The summed E-state index contributed by atoms with van der Waals surface area (Å²) >= 11 is 1.34. The summed E-state index contributed by atoms with van der Waals surface area (Å²) in [4.78, 5) is 12.3. The van der Waals surface area contributed by atoms with E-state index in [1.54, 1.807) is 22.6 Å². The molecular formula is C18H12IrN8S-2. The summed E-state index contributed by atoms with van der Waals surface area (Å²) < 4.78 is 5.57. The van der Waals surface area contributed by atoms with E-state index < -0.39 is 0 Å². The summed E-state index contributed by atoms with van der Waals surface area (Å²) in [6, 6.07) is 18.3. The Morgan fingerprint density at radius 2 is 1.89 bits per heavy atom. The summed E-state index contributed by atoms with van der Waals surface area (Å²) in [7, 11) is 0. The quantitative estimate of drug-likeness (QED) is 0.311. The second kappa shape index (κ2) is 9.75. The van der Waals surface area contributed by atoms with Crippen LogP contribution in [0.3, 0.4) is 0 Å². The standard InChI is InChI=1S/C13H9N4.C5H3N4S.Ir/c1-2-6-10(7-3-1)12-15-13(17-16-12)11-8-4-5-9-14-11;1-2-10-8-5(1)9-4-6-3-7-9;/h1-9H;2-4H;/q2*-1;. The van der Waals surface area contributed by atoms with Crippen molar-refractivity contribution in [3.8, 4) is 28.7 Å². The molecule has 1 radical (unpaired) electrons. The third-order valence-corrected chi connectivity index (χ3v) is 3.89. The Morgan fingerprint density at radius 1 is 1.04 bits per heavy atom. The SMILES string of the molecule is [Ir].[c-]1csnc1-n1cncn1.c1ccc(-c2n[n-]c(-c3ccccn3)n2)cc1.